The maximum Gasteiger partial charge on any atom is 0.417 e. The highest BCUT2D eigenvalue weighted by molar-refractivity contribution is 6.33. The molecule has 156 valence electrons. The van der Waals surface area contributed by atoms with Gasteiger partial charge in [0.1, 0.15) is 11.6 Å². The van der Waals surface area contributed by atoms with Gasteiger partial charge in [0.25, 0.3) is 5.91 Å². The van der Waals surface area contributed by atoms with Crippen LogP contribution >= 0.6 is 11.6 Å². The van der Waals surface area contributed by atoms with E-state index in [4.69, 9.17) is 16.3 Å². The number of hydrogen-bond donors (Lipinski definition) is 0. The van der Waals surface area contributed by atoms with Gasteiger partial charge in [-0.2, -0.15) is 13.2 Å². The number of amides is 1. The van der Waals surface area contributed by atoms with Crippen molar-refractivity contribution in [3.8, 4) is 5.75 Å². The van der Waals surface area contributed by atoms with E-state index in [0.717, 1.165) is 17.8 Å². The number of halogens is 4. The molecule has 1 aliphatic heterocycles. The highest BCUT2D eigenvalue weighted by Gasteiger charge is 2.33. The molecular formula is C20H21ClF3N3O2. The van der Waals surface area contributed by atoms with Gasteiger partial charge in [0, 0.05) is 32.4 Å². The number of nitrogens with zero attached hydrogens (tertiary/aromatic N) is 3. The molecule has 1 atom stereocenters. The predicted octanol–water partition coefficient (Wildman–Crippen LogP) is 4.18. The zero-order chi connectivity index (χ0) is 21.2. The number of benzene rings is 1. The number of ether oxygens (including phenoxy) is 1. The van der Waals surface area contributed by atoms with E-state index < -0.39 is 17.8 Å². The molecule has 9 heteroatoms. The summed E-state index contributed by atoms with van der Waals surface area (Å²) in [6, 6.07) is 8.32. The molecule has 0 spiro atoms. The first-order chi connectivity index (χ1) is 13.6. The van der Waals surface area contributed by atoms with Crippen molar-refractivity contribution < 1.29 is 22.7 Å². The number of anilines is 1. The lowest BCUT2D eigenvalue weighted by Crippen LogP contribution is -2.52. The van der Waals surface area contributed by atoms with Crippen LogP contribution in [-0.4, -0.2) is 48.1 Å². The Balaban J connectivity index is 1.58. The minimum atomic E-state index is -4.49. The minimum absolute atomic E-state index is 0.0596. The molecule has 0 N–H and O–H groups in total. The third-order valence-electron chi connectivity index (χ3n) is 4.72. The molecule has 0 saturated carbocycles. The van der Waals surface area contributed by atoms with Crippen molar-refractivity contribution in [1.29, 1.82) is 0 Å². The highest BCUT2D eigenvalue weighted by atomic mass is 35.5. The highest BCUT2D eigenvalue weighted by Crippen LogP contribution is 2.33. The summed E-state index contributed by atoms with van der Waals surface area (Å²) in [7, 11) is 0. The lowest BCUT2D eigenvalue weighted by molar-refractivity contribution is -0.138. The van der Waals surface area contributed by atoms with E-state index >= 15 is 0 Å². The second kappa shape index (κ2) is 8.49. The Morgan fingerprint density at radius 1 is 1.17 bits per heavy atom. The van der Waals surface area contributed by atoms with Gasteiger partial charge < -0.3 is 14.5 Å². The SMILES string of the molecule is Cc1ccc(OC(C)C(=O)N2CCN(c3ncc(C(F)(F)F)cc3Cl)CC2)cc1. The van der Waals surface area contributed by atoms with Crippen LogP contribution < -0.4 is 9.64 Å². The molecule has 1 saturated heterocycles. The molecule has 5 nitrogen and oxygen atoms in total. The summed E-state index contributed by atoms with van der Waals surface area (Å²) in [6.45, 7) is 5.31. The Kier molecular flexibility index (Phi) is 6.21. The van der Waals surface area contributed by atoms with Gasteiger partial charge >= 0.3 is 6.18 Å². The van der Waals surface area contributed by atoms with Gasteiger partial charge in [-0.1, -0.05) is 29.3 Å². The lowest BCUT2D eigenvalue weighted by atomic mass is 10.2. The van der Waals surface area contributed by atoms with Crippen molar-refractivity contribution in [1.82, 2.24) is 9.88 Å². The van der Waals surface area contributed by atoms with E-state index in [2.05, 4.69) is 4.98 Å². The Morgan fingerprint density at radius 2 is 1.79 bits per heavy atom. The first-order valence-electron chi connectivity index (χ1n) is 9.15. The standard InChI is InChI=1S/C20H21ClF3N3O2/c1-13-3-5-16(6-4-13)29-14(2)19(28)27-9-7-26(8-10-27)18-17(21)11-15(12-25-18)20(22,23)24/h3-6,11-12,14H,7-10H2,1-2H3. The van der Waals surface area contributed by atoms with Gasteiger partial charge in [0.2, 0.25) is 0 Å². The van der Waals surface area contributed by atoms with Crippen LogP contribution in [0.3, 0.4) is 0 Å². The van der Waals surface area contributed by atoms with E-state index in [1.54, 1.807) is 16.7 Å². The van der Waals surface area contributed by atoms with Crippen LogP contribution in [0.2, 0.25) is 5.02 Å². The maximum atomic E-state index is 12.8. The molecule has 1 aromatic carbocycles. The van der Waals surface area contributed by atoms with Crippen molar-refractivity contribution >= 4 is 23.3 Å². The fourth-order valence-corrected chi connectivity index (χ4v) is 3.37. The van der Waals surface area contributed by atoms with Crippen molar-refractivity contribution in [2.24, 2.45) is 0 Å². The molecule has 1 fully saturated rings. The van der Waals surface area contributed by atoms with Crippen LogP contribution in [0.1, 0.15) is 18.1 Å². The molecular weight excluding hydrogens is 407 g/mol. The average molecular weight is 428 g/mol. The number of alkyl halides is 3. The second-order valence-corrected chi connectivity index (χ2v) is 7.32. The minimum Gasteiger partial charge on any atom is -0.481 e. The van der Waals surface area contributed by atoms with Crippen molar-refractivity contribution in [2.45, 2.75) is 26.1 Å². The molecule has 0 radical (unpaired) electrons. The van der Waals surface area contributed by atoms with Gasteiger partial charge in [0.15, 0.2) is 6.10 Å². The number of pyridine rings is 1. The van der Waals surface area contributed by atoms with E-state index in [0.29, 0.717) is 31.9 Å². The number of hydrogen-bond acceptors (Lipinski definition) is 4. The first-order valence-corrected chi connectivity index (χ1v) is 9.53. The van der Waals surface area contributed by atoms with Crippen LogP contribution in [0.5, 0.6) is 5.75 Å². The largest absolute Gasteiger partial charge is 0.481 e. The normalized spacial score (nSPS) is 15.9. The summed E-state index contributed by atoms with van der Waals surface area (Å²) in [5.74, 6) is 0.767. The molecule has 1 aliphatic rings. The van der Waals surface area contributed by atoms with Crippen molar-refractivity contribution in [2.75, 3.05) is 31.1 Å². The Bertz CT molecular complexity index is 866. The molecule has 1 amide bonds. The Labute approximate surface area is 172 Å². The summed E-state index contributed by atoms with van der Waals surface area (Å²) in [5.41, 5.74) is 0.213. The van der Waals surface area contributed by atoms with Crippen LogP contribution in [0.15, 0.2) is 36.5 Å². The molecule has 2 heterocycles. The first kappa shape index (κ1) is 21.2. The summed E-state index contributed by atoms with van der Waals surface area (Å²) < 4.78 is 44.0. The van der Waals surface area contributed by atoms with Gasteiger partial charge in [-0.25, -0.2) is 4.98 Å². The number of carbonyl (C=O) groups is 1. The molecule has 2 aromatic rings. The quantitative estimate of drug-likeness (QED) is 0.734. The molecule has 3 rings (SSSR count). The fourth-order valence-electron chi connectivity index (χ4n) is 3.09. The zero-order valence-electron chi connectivity index (χ0n) is 16.0. The fraction of sp³-hybridized carbons (Fsp3) is 0.400. The Morgan fingerprint density at radius 3 is 2.34 bits per heavy atom. The van der Waals surface area contributed by atoms with Gasteiger partial charge in [-0.15, -0.1) is 0 Å². The van der Waals surface area contributed by atoms with E-state index in [1.165, 1.54) is 0 Å². The Hall–Kier alpha value is -2.48. The molecule has 1 aromatic heterocycles. The third kappa shape index (κ3) is 5.12. The number of rotatable bonds is 4. The maximum absolute atomic E-state index is 12.8. The van der Waals surface area contributed by atoms with E-state index in [1.807, 2.05) is 31.2 Å². The summed E-state index contributed by atoms with van der Waals surface area (Å²) in [5, 5.41) is -0.0596. The van der Waals surface area contributed by atoms with Crippen LogP contribution in [0, 0.1) is 6.92 Å². The second-order valence-electron chi connectivity index (χ2n) is 6.91. The number of piperazine rings is 1. The topological polar surface area (TPSA) is 45.7 Å². The molecule has 0 aliphatic carbocycles. The number of aromatic nitrogens is 1. The van der Waals surface area contributed by atoms with Gasteiger partial charge in [0.05, 0.1) is 10.6 Å². The van der Waals surface area contributed by atoms with Crippen molar-refractivity contribution in [3.63, 3.8) is 0 Å². The average Bonchev–Trinajstić information content (AvgIpc) is 2.68. The van der Waals surface area contributed by atoms with Crippen LogP contribution in [0.25, 0.3) is 0 Å². The van der Waals surface area contributed by atoms with Gasteiger partial charge in [-0.3, -0.25) is 4.79 Å². The third-order valence-corrected chi connectivity index (χ3v) is 5.00. The summed E-state index contributed by atoms with van der Waals surface area (Å²) in [6.07, 6.45) is -4.36. The zero-order valence-corrected chi connectivity index (χ0v) is 16.8. The molecule has 0 bridgehead atoms. The van der Waals surface area contributed by atoms with Crippen LogP contribution in [-0.2, 0) is 11.0 Å². The molecule has 1 unspecified atom stereocenters. The monoisotopic (exact) mass is 427 g/mol. The molecule has 29 heavy (non-hydrogen) atoms. The summed E-state index contributed by atoms with van der Waals surface area (Å²) >= 11 is 6.01. The number of aryl methyl sites for hydroxylation is 1. The smallest absolute Gasteiger partial charge is 0.417 e. The van der Waals surface area contributed by atoms with Crippen LogP contribution in [0.4, 0.5) is 19.0 Å². The van der Waals surface area contributed by atoms with E-state index in [9.17, 15) is 18.0 Å². The van der Waals surface area contributed by atoms with Crippen molar-refractivity contribution in [3.05, 3.63) is 52.7 Å². The number of carbonyl (C=O) groups excluding carboxylic acids is 1. The van der Waals surface area contributed by atoms with E-state index in [-0.39, 0.29) is 16.7 Å². The lowest BCUT2D eigenvalue weighted by Gasteiger charge is -2.36. The summed E-state index contributed by atoms with van der Waals surface area (Å²) in [4.78, 5) is 20.0. The predicted molar refractivity (Wildman–Crippen MR) is 104 cm³/mol. The van der Waals surface area contributed by atoms with Gasteiger partial charge in [-0.05, 0) is 32.0 Å².